The SMILES string of the molecule is NS(=O)(=O)OC[C@H]1O[C@@H](n2cnc3c(C#Cc4cccc(F)c4)ncnc32)[C@H](O)[C@@H]1O. The number of aliphatic hydroxyl groups excluding tert-OH is 2. The minimum absolute atomic E-state index is 0.253. The molecule has 4 atom stereocenters. The summed E-state index contributed by atoms with van der Waals surface area (Å²) in [5, 5.41) is 25.3. The lowest BCUT2D eigenvalue weighted by Crippen LogP contribution is -2.35. The molecular formula is C18H16FN5O6S. The fraction of sp³-hybridized carbons (Fsp3) is 0.278. The number of halogens is 1. The number of ether oxygens (including phenoxy) is 1. The van der Waals surface area contributed by atoms with Gasteiger partial charge in [0.15, 0.2) is 11.9 Å². The molecule has 0 aliphatic carbocycles. The maximum absolute atomic E-state index is 13.3. The zero-order chi connectivity index (χ0) is 22.2. The second-order valence-corrected chi connectivity index (χ2v) is 7.85. The molecule has 2 aromatic heterocycles. The van der Waals surface area contributed by atoms with Crippen LogP contribution in [0.25, 0.3) is 11.2 Å². The number of fused-ring (bicyclic) bond motifs is 1. The van der Waals surface area contributed by atoms with Crippen molar-refractivity contribution in [2.24, 2.45) is 5.14 Å². The summed E-state index contributed by atoms with van der Waals surface area (Å²) in [7, 11) is -4.25. The first kappa shape index (κ1) is 21.2. The average Bonchev–Trinajstić information content (AvgIpc) is 3.26. The molecule has 0 saturated carbocycles. The van der Waals surface area contributed by atoms with Crippen molar-refractivity contribution >= 4 is 21.5 Å². The summed E-state index contributed by atoms with van der Waals surface area (Å²) in [4.78, 5) is 12.4. The van der Waals surface area contributed by atoms with Crippen molar-refractivity contribution in [3.63, 3.8) is 0 Å². The van der Waals surface area contributed by atoms with E-state index in [-0.39, 0.29) is 11.3 Å². The number of benzene rings is 1. The fourth-order valence-electron chi connectivity index (χ4n) is 3.09. The number of aromatic nitrogens is 4. The van der Waals surface area contributed by atoms with Crippen molar-refractivity contribution in [2.75, 3.05) is 6.61 Å². The van der Waals surface area contributed by atoms with E-state index in [0.29, 0.717) is 11.1 Å². The fourth-order valence-corrected chi connectivity index (χ4v) is 3.41. The van der Waals surface area contributed by atoms with Crippen LogP contribution in [0, 0.1) is 17.7 Å². The molecule has 3 heterocycles. The Morgan fingerprint density at radius 1 is 1.23 bits per heavy atom. The van der Waals surface area contributed by atoms with Gasteiger partial charge in [0.2, 0.25) is 0 Å². The summed E-state index contributed by atoms with van der Waals surface area (Å²) in [5.41, 5.74) is 1.25. The molecule has 0 unspecified atom stereocenters. The van der Waals surface area contributed by atoms with Gasteiger partial charge in [-0.15, -0.1) is 0 Å². The number of hydrogen-bond acceptors (Lipinski definition) is 9. The maximum atomic E-state index is 13.3. The van der Waals surface area contributed by atoms with Crippen LogP contribution >= 0.6 is 0 Å². The van der Waals surface area contributed by atoms with Crippen molar-refractivity contribution in [3.8, 4) is 11.8 Å². The summed E-state index contributed by atoms with van der Waals surface area (Å²) in [6.45, 7) is -0.584. The third kappa shape index (κ3) is 4.54. The molecule has 13 heteroatoms. The molecule has 1 fully saturated rings. The first-order valence-corrected chi connectivity index (χ1v) is 10.3. The van der Waals surface area contributed by atoms with E-state index in [4.69, 9.17) is 9.88 Å². The van der Waals surface area contributed by atoms with Crippen LogP contribution in [0.2, 0.25) is 0 Å². The highest BCUT2D eigenvalue weighted by atomic mass is 32.2. The lowest BCUT2D eigenvalue weighted by atomic mass is 10.1. The van der Waals surface area contributed by atoms with Gasteiger partial charge in [-0.1, -0.05) is 12.0 Å². The molecular weight excluding hydrogens is 433 g/mol. The minimum atomic E-state index is -4.25. The highest BCUT2D eigenvalue weighted by Crippen LogP contribution is 2.31. The Morgan fingerprint density at radius 2 is 2.03 bits per heavy atom. The van der Waals surface area contributed by atoms with Gasteiger partial charge >= 0.3 is 10.3 Å². The molecule has 1 saturated heterocycles. The van der Waals surface area contributed by atoms with Gasteiger partial charge in [0, 0.05) is 5.56 Å². The van der Waals surface area contributed by atoms with E-state index in [9.17, 15) is 23.0 Å². The number of aliphatic hydroxyl groups is 2. The molecule has 31 heavy (non-hydrogen) atoms. The van der Waals surface area contributed by atoms with Gasteiger partial charge in [0.1, 0.15) is 41.7 Å². The van der Waals surface area contributed by atoms with E-state index in [2.05, 4.69) is 31.0 Å². The largest absolute Gasteiger partial charge is 0.387 e. The van der Waals surface area contributed by atoms with Crippen molar-refractivity contribution in [1.82, 2.24) is 19.5 Å². The molecule has 1 aliphatic rings. The second-order valence-electron chi connectivity index (χ2n) is 6.63. The molecule has 1 aromatic carbocycles. The van der Waals surface area contributed by atoms with Crippen molar-refractivity contribution in [2.45, 2.75) is 24.5 Å². The van der Waals surface area contributed by atoms with E-state index in [0.717, 1.165) is 0 Å². The molecule has 4 rings (SSSR count). The van der Waals surface area contributed by atoms with Crippen LogP contribution < -0.4 is 5.14 Å². The van der Waals surface area contributed by atoms with E-state index in [1.165, 1.54) is 35.4 Å². The molecule has 162 valence electrons. The third-order valence-corrected chi connectivity index (χ3v) is 4.98. The predicted molar refractivity (Wildman–Crippen MR) is 103 cm³/mol. The van der Waals surface area contributed by atoms with E-state index in [1.807, 2.05) is 0 Å². The smallest absolute Gasteiger partial charge is 0.333 e. The van der Waals surface area contributed by atoms with Gasteiger partial charge in [-0.25, -0.2) is 24.5 Å². The topological polar surface area (TPSA) is 163 Å². The molecule has 0 bridgehead atoms. The first-order chi connectivity index (χ1) is 14.7. The van der Waals surface area contributed by atoms with Crippen LogP contribution in [-0.2, 0) is 19.2 Å². The molecule has 0 radical (unpaired) electrons. The van der Waals surface area contributed by atoms with Crippen LogP contribution in [0.15, 0.2) is 36.9 Å². The summed E-state index contributed by atoms with van der Waals surface area (Å²) >= 11 is 0. The van der Waals surface area contributed by atoms with E-state index >= 15 is 0 Å². The van der Waals surface area contributed by atoms with Crippen LogP contribution in [0.1, 0.15) is 17.5 Å². The van der Waals surface area contributed by atoms with Crippen molar-refractivity contribution < 1.29 is 31.9 Å². The lowest BCUT2D eigenvalue weighted by molar-refractivity contribution is -0.0467. The van der Waals surface area contributed by atoms with Gasteiger partial charge in [0.25, 0.3) is 0 Å². The van der Waals surface area contributed by atoms with Gasteiger partial charge in [0.05, 0.1) is 12.9 Å². The summed E-state index contributed by atoms with van der Waals surface area (Å²) < 4.78 is 46.6. The van der Waals surface area contributed by atoms with Crippen LogP contribution in [-0.4, -0.2) is 63.1 Å². The van der Waals surface area contributed by atoms with E-state index < -0.39 is 47.3 Å². The number of hydrogen-bond donors (Lipinski definition) is 3. The summed E-state index contributed by atoms with van der Waals surface area (Å²) in [6, 6.07) is 5.75. The Bertz CT molecular complexity index is 1290. The van der Waals surface area contributed by atoms with Crippen LogP contribution in [0.3, 0.4) is 0 Å². The number of nitrogens with two attached hydrogens (primary N) is 1. The molecule has 1 aliphatic heterocycles. The zero-order valence-electron chi connectivity index (χ0n) is 15.7. The van der Waals surface area contributed by atoms with Crippen molar-refractivity contribution in [1.29, 1.82) is 0 Å². The Hall–Kier alpha value is -2.99. The summed E-state index contributed by atoms with van der Waals surface area (Å²) in [6.07, 6.45) is -2.62. The van der Waals surface area contributed by atoms with Crippen LogP contribution in [0.5, 0.6) is 0 Å². The number of rotatable bonds is 4. The Morgan fingerprint density at radius 3 is 2.77 bits per heavy atom. The second kappa shape index (κ2) is 8.27. The summed E-state index contributed by atoms with van der Waals surface area (Å²) in [5.74, 6) is 5.17. The first-order valence-electron chi connectivity index (χ1n) is 8.87. The highest BCUT2D eigenvalue weighted by molar-refractivity contribution is 7.84. The van der Waals surface area contributed by atoms with Gasteiger partial charge in [-0.2, -0.15) is 8.42 Å². The lowest BCUT2D eigenvalue weighted by Gasteiger charge is -2.16. The normalized spacial score (nSPS) is 23.6. The minimum Gasteiger partial charge on any atom is -0.387 e. The standard InChI is InChI=1S/C18H16FN5O6S/c19-11-3-1-2-10(6-11)4-5-12-14-17(22-8-21-12)24(9-23-14)18-16(26)15(25)13(30-18)7-29-31(20,27)28/h1-3,6,8-9,13,15-16,18,25-26H,7H2,(H2,20,27,28)/t13-,15-,16-,18-/m1/s1. The van der Waals surface area contributed by atoms with E-state index in [1.54, 1.807) is 6.07 Å². The van der Waals surface area contributed by atoms with Gasteiger partial charge in [-0.3, -0.25) is 8.75 Å². The molecule has 0 spiro atoms. The highest BCUT2D eigenvalue weighted by Gasteiger charge is 2.44. The molecule has 11 nitrogen and oxygen atoms in total. The van der Waals surface area contributed by atoms with Gasteiger partial charge in [-0.05, 0) is 24.1 Å². The van der Waals surface area contributed by atoms with Crippen molar-refractivity contribution in [3.05, 3.63) is 54.0 Å². The molecule has 4 N–H and O–H groups in total. The number of nitrogens with zero attached hydrogens (tertiary/aromatic N) is 4. The average molecular weight is 449 g/mol. The Labute approximate surface area is 175 Å². The quantitative estimate of drug-likeness (QED) is 0.433. The Kier molecular flexibility index (Phi) is 5.67. The number of imidazole rings is 1. The molecule has 3 aromatic rings. The zero-order valence-corrected chi connectivity index (χ0v) is 16.5. The third-order valence-electron chi connectivity index (χ3n) is 4.52. The van der Waals surface area contributed by atoms with Gasteiger partial charge < -0.3 is 14.9 Å². The van der Waals surface area contributed by atoms with Crippen LogP contribution in [0.4, 0.5) is 4.39 Å². The monoisotopic (exact) mass is 449 g/mol. The predicted octanol–water partition coefficient (Wildman–Crippen LogP) is -0.796. The maximum Gasteiger partial charge on any atom is 0.333 e. The molecule has 0 amide bonds. The Balaban J connectivity index is 1.62.